The molecule has 0 aliphatic rings. The van der Waals surface area contributed by atoms with Crippen LogP contribution >= 0.6 is 0 Å². The summed E-state index contributed by atoms with van der Waals surface area (Å²) >= 11 is 0. The fraction of sp³-hybridized carbons (Fsp3) is 0. The van der Waals surface area contributed by atoms with Crippen molar-refractivity contribution in [2.24, 2.45) is 0 Å². The summed E-state index contributed by atoms with van der Waals surface area (Å²) in [6, 6.07) is 12.4. The molecule has 0 fully saturated rings. The van der Waals surface area contributed by atoms with Crippen LogP contribution in [0.3, 0.4) is 0 Å². The third-order valence-electron chi connectivity index (χ3n) is 1.96. The summed E-state index contributed by atoms with van der Waals surface area (Å²) in [5, 5.41) is 8.83. The lowest BCUT2D eigenvalue weighted by Crippen LogP contribution is -1.91. The van der Waals surface area contributed by atoms with Gasteiger partial charge in [0.2, 0.25) is 0 Å². The Labute approximate surface area is 92.9 Å². The van der Waals surface area contributed by atoms with Crippen LogP contribution in [-0.4, -0.2) is 4.98 Å². The second kappa shape index (κ2) is 4.32. The minimum Gasteiger partial charge on any atom is -0.454 e. The van der Waals surface area contributed by atoms with Gasteiger partial charge in [0, 0.05) is 18.0 Å². The van der Waals surface area contributed by atoms with Crippen molar-refractivity contribution < 1.29 is 4.74 Å². The van der Waals surface area contributed by atoms with Crippen LogP contribution in [0.25, 0.3) is 0 Å². The Morgan fingerprint density at radius 2 is 2.12 bits per heavy atom. The number of nitrogen functional groups attached to an aromatic ring is 1. The summed E-state index contributed by atoms with van der Waals surface area (Å²) in [5.74, 6) is 1.01. The van der Waals surface area contributed by atoms with Crippen LogP contribution in [0.5, 0.6) is 11.5 Å². The number of aromatic nitrogens is 1. The molecule has 0 unspecified atom stereocenters. The summed E-state index contributed by atoms with van der Waals surface area (Å²) in [5.41, 5.74) is 6.49. The molecule has 1 heterocycles. The van der Waals surface area contributed by atoms with Gasteiger partial charge in [-0.2, -0.15) is 5.26 Å². The molecule has 2 rings (SSSR count). The van der Waals surface area contributed by atoms with Crippen LogP contribution < -0.4 is 10.5 Å². The van der Waals surface area contributed by atoms with Gasteiger partial charge in [0.05, 0.1) is 0 Å². The summed E-state index contributed by atoms with van der Waals surface area (Å²) in [7, 11) is 0. The number of ether oxygens (including phenoxy) is 1. The first-order valence-electron chi connectivity index (χ1n) is 4.68. The Balaban J connectivity index is 2.31. The number of nitrogens with zero attached hydrogens (tertiary/aromatic N) is 2. The van der Waals surface area contributed by atoms with E-state index in [1.54, 1.807) is 42.6 Å². The van der Waals surface area contributed by atoms with Gasteiger partial charge in [-0.1, -0.05) is 6.07 Å². The molecule has 0 atom stereocenters. The van der Waals surface area contributed by atoms with E-state index >= 15 is 0 Å². The quantitative estimate of drug-likeness (QED) is 0.774. The predicted octanol–water partition coefficient (Wildman–Crippen LogP) is 2.33. The van der Waals surface area contributed by atoms with E-state index in [0.29, 0.717) is 17.2 Å². The van der Waals surface area contributed by atoms with E-state index in [0.717, 1.165) is 0 Å². The number of pyridine rings is 1. The van der Waals surface area contributed by atoms with Crippen LogP contribution in [0.1, 0.15) is 5.69 Å². The number of nitriles is 1. The van der Waals surface area contributed by atoms with Crippen molar-refractivity contribution in [2.45, 2.75) is 0 Å². The molecule has 4 nitrogen and oxygen atoms in total. The summed E-state index contributed by atoms with van der Waals surface area (Å²) in [6.07, 6.45) is 1.55. The van der Waals surface area contributed by atoms with Crippen molar-refractivity contribution in [3.05, 3.63) is 48.3 Å². The molecule has 0 aliphatic carbocycles. The third-order valence-corrected chi connectivity index (χ3v) is 1.96. The lowest BCUT2D eigenvalue weighted by molar-refractivity contribution is 0.478. The maximum Gasteiger partial charge on any atom is 0.183 e. The number of hydrogen-bond donors (Lipinski definition) is 1. The van der Waals surface area contributed by atoms with Crippen molar-refractivity contribution in [1.82, 2.24) is 4.98 Å². The molecule has 0 spiro atoms. The molecule has 4 heteroatoms. The third kappa shape index (κ3) is 2.10. The molecular formula is C12H9N3O. The minimum absolute atomic E-state index is 0.255. The van der Waals surface area contributed by atoms with E-state index in [9.17, 15) is 0 Å². The first-order chi connectivity index (χ1) is 7.79. The van der Waals surface area contributed by atoms with Gasteiger partial charge in [-0.3, -0.25) is 0 Å². The average molecular weight is 211 g/mol. The van der Waals surface area contributed by atoms with Crippen LogP contribution in [0.2, 0.25) is 0 Å². The Bertz CT molecular complexity index is 546. The summed E-state index contributed by atoms with van der Waals surface area (Å²) in [4.78, 5) is 3.90. The molecule has 1 aromatic heterocycles. The van der Waals surface area contributed by atoms with Crippen molar-refractivity contribution in [1.29, 1.82) is 5.26 Å². The first-order valence-corrected chi connectivity index (χ1v) is 4.68. The predicted molar refractivity (Wildman–Crippen MR) is 59.9 cm³/mol. The molecule has 0 aliphatic heterocycles. The van der Waals surface area contributed by atoms with Crippen LogP contribution in [-0.2, 0) is 0 Å². The Morgan fingerprint density at radius 3 is 2.88 bits per heavy atom. The number of nitrogens with two attached hydrogens (primary N) is 1. The average Bonchev–Trinajstić information content (AvgIpc) is 2.30. The number of anilines is 1. The number of rotatable bonds is 2. The van der Waals surface area contributed by atoms with Crippen molar-refractivity contribution in [2.75, 3.05) is 5.73 Å². The lowest BCUT2D eigenvalue weighted by Gasteiger charge is -2.06. The van der Waals surface area contributed by atoms with Gasteiger partial charge < -0.3 is 10.5 Å². The zero-order chi connectivity index (χ0) is 11.4. The molecular weight excluding hydrogens is 202 g/mol. The van der Waals surface area contributed by atoms with E-state index in [4.69, 9.17) is 15.7 Å². The van der Waals surface area contributed by atoms with E-state index in [1.807, 2.05) is 6.07 Å². The zero-order valence-electron chi connectivity index (χ0n) is 8.42. The van der Waals surface area contributed by atoms with E-state index in [-0.39, 0.29) is 5.69 Å². The maximum absolute atomic E-state index is 8.83. The Kier molecular flexibility index (Phi) is 2.70. The highest BCUT2D eigenvalue weighted by Crippen LogP contribution is 2.24. The molecule has 16 heavy (non-hydrogen) atoms. The molecule has 0 bridgehead atoms. The van der Waals surface area contributed by atoms with Crippen molar-refractivity contribution in [3.63, 3.8) is 0 Å². The molecule has 0 amide bonds. The Hall–Kier alpha value is -2.54. The molecule has 0 saturated carbocycles. The van der Waals surface area contributed by atoms with E-state index in [1.165, 1.54) is 0 Å². The summed E-state index contributed by atoms with van der Waals surface area (Å²) < 4.78 is 5.52. The van der Waals surface area contributed by atoms with E-state index < -0.39 is 0 Å². The smallest absolute Gasteiger partial charge is 0.183 e. The largest absolute Gasteiger partial charge is 0.454 e. The van der Waals surface area contributed by atoms with Crippen molar-refractivity contribution in [3.8, 4) is 17.6 Å². The Morgan fingerprint density at radius 1 is 1.25 bits per heavy atom. The van der Waals surface area contributed by atoms with Crippen LogP contribution in [0.15, 0.2) is 42.6 Å². The molecule has 0 saturated heterocycles. The highest BCUT2D eigenvalue weighted by Gasteiger charge is 2.04. The van der Waals surface area contributed by atoms with Gasteiger partial charge in [0.15, 0.2) is 11.4 Å². The first kappa shape index (κ1) is 9.99. The van der Waals surface area contributed by atoms with Gasteiger partial charge in [-0.15, -0.1) is 0 Å². The van der Waals surface area contributed by atoms with Crippen LogP contribution in [0.4, 0.5) is 5.69 Å². The highest BCUT2D eigenvalue weighted by atomic mass is 16.5. The fourth-order valence-corrected chi connectivity index (χ4v) is 1.26. The highest BCUT2D eigenvalue weighted by molar-refractivity contribution is 5.46. The summed E-state index contributed by atoms with van der Waals surface area (Å²) in [6.45, 7) is 0. The normalized spacial score (nSPS) is 9.44. The van der Waals surface area contributed by atoms with E-state index in [2.05, 4.69) is 4.98 Å². The second-order valence-corrected chi connectivity index (χ2v) is 3.14. The lowest BCUT2D eigenvalue weighted by atomic mass is 10.3. The standard InChI is InChI=1S/C12H9N3O/c13-8-11-12(5-2-6-15-11)16-10-4-1-3-9(14)7-10/h1-7H,14H2. The zero-order valence-corrected chi connectivity index (χ0v) is 8.42. The van der Waals surface area contributed by atoms with Gasteiger partial charge in [0.1, 0.15) is 11.8 Å². The van der Waals surface area contributed by atoms with Gasteiger partial charge in [0.25, 0.3) is 0 Å². The molecule has 78 valence electrons. The molecule has 2 N–H and O–H groups in total. The SMILES string of the molecule is N#Cc1ncccc1Oc1cccc(N)c1. The molecule has 0 radical (unpaired) electrons. The fourth-order valence-electron chi connectivity index (χ4n) is 1.26. The van der Waals surface area contributed by atoms with Crippen molar-refractivity contribution >= 4 is 5.69 Å². The second-order valence-electron chi connectivity index (χ2n) is 3.14. The number of hydrogen-bond acceptors (Lipinski definition) is 4. The molecule has 1 aromatic carbocycles. The number of benzene rings is 1. The van der Waals surface area contributed by atoms with Gasteiger partial charge >= 0.3 is 0 Å². The maximum atomic E-state index is 8.83. The molecule has 2 aromatic rings. The van der Waals surface area contributed by atoms with Gasteiger partial charge in [-0.05, 0) is 24.3 Å². The monoisotopic (exact) mass is 211 g/mol. The van der Waals surface area contributed by atoms with Crippen LogP contribution in [0, 0.1) is 11.3 Å². The van der Waals surface area contributed by atoms with Gasteiger partial charge in [-0.25, -0.2) is 4.98 Å². The minimum atomic E-state index is 0.255. The topological polar surface area (TPSA) is 71.9 Å².